The molecule has 1 aromatic carbocycles. The third kappa shape index (κ3) is 14.9. The number of hydrogen-bond acceptors (Lipinski definition) is 7. The van der Waals surface area contributed by atoms with Crippen molar-refractivity contribution in [2.75, 3.05) is 6.29 Å². The summed E-state index contributed by atoms with van der Waals surface area (Å²) in [6.45, 7) is 5.45. The molecular formula is C21H32Li2N3O7P. The van der Waals surface area contributed by atoms with Gasteiger partial charge in [0.05, 0.1) is 31.9 Å². The number of benzene rings is 1. The van der Waals surface area contributed by atoms with Gasteiger partial charge in [-0.15, -0.1) is 0 Å². The van der Waals surface area contributed by atoms with Gasteiger partial charge in [-0.3, -0.25) is 9.88 Å². The number of carbonyl (C=O) groups excluding carboxylic acids is 3. The van der Waals surface area contributed by atoms with Crippen LogP contribution in [-0.2, 0) is 25.5 Å². The van der Waals surface area contributed by atoms with Crippen molar-refractivity contribution in [1.29, 1.82) is 0 Å². The molecule has 0 saturated heterocycles. The molecule has 0 fully saturated rings. The number of aliphatic carboxylic acids is 1. The van der Waals surface area contributed by atoms with Gasteiger partial charge in [-0.2, -0.15) is 0 Å². The Labute approximate surface area is 225 Å². The van der Waals surface area contributed by atoms with Gasteiger partial charge in [-0.1, -0.05) is 63.9 Å². The van der Waals surface area contributed by atoms with Crippen molar-refractivity contribution in [1.82, 2.24) is 15.7 Å². The van der Waals surface area contributed by atoms with E-state index in [0.717, 1.165) is 12.0 Å². The van der Waals surface area contributed by atoms with Crippen LogP contribution in [0.25, 0.3) is 0 Å². The van der Waals surface area contributed by atoms with E-state index in [1.807, 2.05) is 13.0 Å². The Hall–Kier alpha value is -1.23. The van der Waals surface area contributed by atoms with E-state index in [4.69, 9.17) is 4.74 Å². The molecule has 1 rings (SSSR count). The molecule has 0 heterocycles. The minimum Gasteiger partial charge on any atom is -0.787 e. The first kappa shape index (κ1) is 34.9. The Bertz CT molecular complexity index is 800. The smallest absolute Gasteiger partial charge is 0.787 e. The van der Waals surface area contributed by atoms with E-state index in [1.165, 1.54) is 0 Å². The molecule has 13 heteroatoms. The number of ether oxygens (including phenoxy) is 1. The summed E-state index contributed by atoms with van der Waals surface area (Å²) >= 11 is 0. The Balaban J connectivity index is 0. The van der Waals surface area contributed by atoms with E-state index in [0.29, 0.717) is 6.42 Å². The summed E-state index contributed by atoms with van der Waals surface area (Å²) in [4.78, 5) is 48.1. The topological polar surface area (TPSA) is 160 Å². The maximum Gasteiger partial charge on any atom is 1.00 e. The molecule has 0 aliphatic rings. The molecule has 1 unspecified atom stereocenters. The maximum absolute atomic E-state index is 12.6. The average Bonchev–Trinajstić information content (AvgIpc) is 2.73. The van der Waals surface area contributed by atoms with Crippen molar-refractivity contribution >= 4 is 25.5 Å². The fourth-order valence-corrected chi connectivity index (χ4v) is 3.97. The normalized spacial score (nSPS) is 13.9. The van der Waals surface area contributed by atoms with Crippen molar-refractivity contribution in [2.45, 2.75) is 65.1 Å². The number of alkyl carbamates (subject to hydrolysis) is 1. The second kappa shape index (κ2) is 18.1. The molecule has 0 aromatic heterocycles. The van der Waals surface area contributed by atoms with Gasteiger partial charge in [0.15, 0.2) is 0 Å². The van der Waals surface area contributed by atoms with Crippen LogP contribution in [0.2, 0.25) is 0 Å². The van der Waals surface area contributed by atoms with Crippen LogP contribution >= 0.6 is 7.52 Å². The van der Waals surface area contributed by atoms with Crippen LogP contribution in [0.1, 0.15) is 52.0 Å². The Kier molecular flexibility index (Phi) is 18.6. The second-order valence-corrected chi connectivity index (χ2v) is 9.82. The minimum absolute atomic E-state index is 0. The number of nitrogens with one attached hydrogen (secondary N) is 3. The molecule has 2 amide bonds. The number of unbranched alkanes of at least 4 members (excludes halogenated alkanes) is 1. The number of rotatable bonds is 14. The number of carbonyl (C=O) groups is 3. The van der Waals surface area contributed by atoms with Gasteiger partial charge >= 0.3 is 43.8 Å². The van der Waals surface area contributed by atoms with Gasteiger partial charge < -0.3 is 34.7 Å². The van der Waals surface area contributed by atoms with E-state index in [-0.39, 0.29) is 63.1 Å². The number of hydrogen-bond donors (Lipinski definition) is 3. The predicted octanol–water partition coefficient (Wildman–Crippen LogP) is -5.14. The standard InChI is InChI=1S/C21H34N3O7P.2Li/c1-4-5-11-17(20(26)27)23-19(25)18(12-15(2)3)24-32(29,30)14-22-21(28)31-13-16-9-7-6-8-10-16;;/h6-10,15,17-18H,4-5,11-14H2,1-3H3,(H,22,28)(H,23,25)(H,26,27)(H2,24,29,30);;/q;2*+1/p-2/t17-,18-;;/m0../s1. The van der Waals surface area contributed by atoms with E-state index in [2.05, 4.69) is 15.7 Å². The van der Waals surface area contributed by atoms with Crippen molar-refractivity contribution in [2.24, 2.45) is 5.92 Å². The average molecular weight is 483 g/mol. The molecule has 0 aliphatic heterocycles. The van der Waals surface area contributed by atoms with Crippen molar-refractivity contribution < 1.29 is 71.4 Å². The fraction of sp³-hybridized carbons (Fsp3) is 0.571. The van der Waals surface area contributed by atoms with Gasteiger partial charge in [0.25, 0.3) is 0 Å². The molecule has 0 bridgehead atoms. The summed E-state index contributed by atoms with van der Waals surface area (Å²) in [6, 6.07) is 6.47. The largest absolute Gasteiger partial charge is 1.00 e. The van der Waals surface area contributed by atoms with Crippen molar-refractivity contribution in [3.05, 3.63) is 35.9 Å². The summed E-state index contributed by atoms with van der Waals surface area (Å²) in [7, 11) is -4.43. The quantitative estimate of drug-likeness (QED) is 0.175. The Morgan fingerprint density at radius 1 is 1.09 bits per heavy atom. The molecular weight excluding hydrogens is 451 g/mol. The number of carboxylic acids is 1. The van der Waals surface area contributed by atoms with Gasteiger partial charge in [0, 0.05) is 0 Å². The molecule has 180 valence electrons. The van der Waals surface area contributed by atoms with Crippen LogP contribution in [0, 0.1) is 5.92 Å². The van der Waals surface area contributed by atoms with E-state index in [1.54, 1.807) is 38.1 Å². The van der Waals surface area contributed by atoms with Crippen LogP contribution in [0.5, 0.6) is 0 Å². The SMILES string of the molecule is CCCC[C@H](NC(=O)[C@H](CC(C)C)NP(=O)([O-])CNC(=O)OCc1ccccc1)C(=O)[O-].[Li+].[Li+]. The molecule has 0 aliphatic carbocycles. The first-order valence-electron chi connectivity index (χ1n) is 10.6. The van der Waals surface area contributed by atoms with Crippen molar-refractivity contribution in [3.63, 3.8) is 0 Å². The molecule has 3 N–H and O–H groups in total. The van der Waals surface area contributed by atoms with Gasteiger partial charge in [-0.25, -0.2) is 4.79 Å². The Morgan fingerprint density at radius 2 is 1.71 bits per heavy atom. The van der Waals surface area contributed by atoms with E-state index >= 15 is 0 Å². The van der Waals surface area contributed by atoms with Crippen LogP contribution in [0.4, 0.5) is 4.79 Å². The third-order valence-corrected chi connectivity index (χ3v) is 5.75. The molecule has 34 heavy (non-hydrogen) atoms. The minimum atomic E-state index is -4.43. The monoisotopic (exact) mass is 483 g/mol. The maximum atomic E-state index is 12.6. The number of amides is 2. The summed E-state index contributed by atoms with van der Waals surface area (Å²) in [5.41, 5.74) is 0.741. The fourth-order valence-electron chi connectivity index (χ4n) is 2.85. The molecule has 3 atom stereocenters. The zero-order valence-electron chi connectivity index (χ0n) is 20.7. The van der Waals surface area contributed by atoms with Gasteiger partial charge in [0.1, 0.15) is 6.61 Å². The molecule has 10 nitrogen and oxygen atoms in total. The summed E-state index contributed by atoms with van der Waals surface area (Å²) in [5, 5.41) is 18.0. The first-order chi connectivity index (χ1) is 15.0. The summed E-state index contributed by atoms with van der Waals surface area (Å²) < 4.78 is 17.4. The van der Waals surface area contributed by atoms with E-state index in [9.17, 15) is 28.9 Å². The van der Waals surface area contributed by atoms with E-state index < -0.39 is 43.9 Å². The molecule has 1 aromatic rings. The van der Waals surface area contributed by atoms with Gasteiger partial charge in [-0.05, 0) is 24.3 Å². The van der Waals surface area contributed by atoms with Crippen LogP contribution in [0.3, 0.4) is 0 Å². The van der Waals surface area contributed by atoms with Crippen LogP contribution in [-0.4, -0.2) is 36.3 Å². The number of carboxylic acid groups (broad SMARTS) is 1. The first-order valence-corrected chi connectivity index (χ1v) is 12.4. The Morgan fingerprint density at radius 3 is 2.24 bits per heavy atom. The molecule has 0 saturated carbocycles. The summed E-state index contributed by atoms with van der Waals surface area (Å²) in [6.07, 6.45) is -0.0753. The zero-order chi connectivity index (χ0) is 24.1. The zero-order valence-corrected chi connectivity index (χ0v) is 21.6. The molecule has 0 spiro atoms. The predicted molar refractivity (Wildman–Crippen MR) is 115 cm³/mol. The van der Waals surface area contributed by atoms with Crippen LogP contribution in [0.15, 0.2) is 30.3 Å². The van der Waals surface area contributed by atoms with Gasteiger partial charge in [0.2, 0.25) is 5.91 Å². The van der Waals surface area contributed by atoms with Crippen molar-refractivity contribution in [3.8, 4) is 0 Å². The third-order valence-electron chi connectivity index (χ3n) is 4.47. The molecule has 0 radical (unpaired) electrons. The summed E-state index contributed by atoms with van der Waals surface area (Å²) in [5.74, 6) is -2.24. The van der Waals surface area contributed by atoms with Crippen LogP contribution < -0.4 is 63.4 Å². The second-order valence-electron chi connectivity index (χ2n) is 7.90.